The fourth-order valence-corrected chi connectivity index (χ4v) is 2.98. The standard InChI is InChI=1S/C16H14F2N4S/c1-10-5-11(2)22(21-10)15-7-16(20-9-19-15)23-8-12-3-4-13(17)14(18)6-12/h3-7,9H,8H2,1-2H3. The molecule has 3 rings (SSSR count). The molecule has 0 amide bonds. The molecule has 0 bridgehead atoms. The van der Waals surface area contributed by atoms with Gasteiger partial charge < -0.3 is 0 Å². The molecule has 2 aromatic heterocycles. The Hall–Kier alpha value is -2.28. The predicted octanol–water partition coefficient (Wildman–Crippen LogP) is 3.85. The first-order valence-corrected chi connectivity index (χ1v) is 7.94. The van der Waals surface area contributed by atoms with Crippen LogP contribution in [0, 0.1) is 25.5 Å². The molecule has 0 unspecified atom stereocenters. The van der Waals surface area contributed by atoms with Crippen molar-refractivity contribution in [2.75, 3.05) is 0 Å². The molecule has 0 N–H and O–H groups in total. The van der Waals surface area contributed by atoms with Crippen molar-refractivity contribution in [3.05, 3.63) is 65.2 Å². The Morgan fingerprint density at radius 1 is 1.04 bits per heavy atom. The molecule has 2 heterocycles. The molecule has 0 aliphatic carbocycles. The van der Waals surface area contributed by atoms with E-state index in [0.29, 0.717) is 17.1 Å². The number of hydrogen-bond donors (Lipinski definition) is 0. The van der Waals surface area contributed by atoms with Gasteiger partial charge in [0.2, 0.25) is 0 Å². The van der Waals surface area contributed by atoms with Gasteiger partial charge in [-0.05, 0) is 37.6 Å². The first kappa shape index (κ1) is 15.6. The third-order valence-corrected chi connectivity index (χ3v) is 4.22. The molecule has 3 aromatic rings. The molecule has 0 saturated carbocycles. The minimum Gasteiger partial charge on any atom is -0.230 e. The fraction of sp³-hybridized carbons (Fsp3) is 0.188. The molecule has 0 atom stereocenters. The van der Waals surface area contributed by atoms with E-state index in [0.717, 1.165) is 22.5 Å². The lowest BCUT2D eigenvalue weighted by Crippen LogP contribution is -2.02. The molecule has 23 heavy (non-hydrogen) atoms. The molecule has 7 heteroatoms. The first-order valence-electron chi connectivity index (χ1n) is 6.95. The Morgan fingerprint density at radius 2 is 1.87 bits per heavy atom. The molecule has 0 radical (unpaired) electrons. The number of halogens is 2. The van der Waals surface area contributed by atoms with E-state index in [1.165, 1.54) is 24.2 Å². The highest BCUT2D eigenvalue weighted by Gasteiger charge is 2.08. The zero-order chi connectivity index (χ0) is 16.4. The summed E-state index contributed by atoms with van der Waals surface area (Å²) in [5.74, 6) is -0.509. The summed E-state index contributed by atoms with van der Waals surface area (Å²) in [6, 6.07) is 7.69. The van der Waals surface area contributed by atoms with Crippen molar-refractivity contribution in [2.24, 2.45) is 0 Å². The molecule has 0 aliphatic heterocycles. The highest BCUT2D eigenvalue weighted by Crippen LogP contribution is 2.23. The maximum Gasteiger partial charge on any atom is 0.159 e. The molecule has 1 aromatic carbocycles. The normalized spacial score (nSPS) is 11.0. The lowest BCUT2D eigenvalue weighted by atomic mass is 10.2. The molecule has 0 spiro atoms. The van der Waals surface area contributed by atoms with Crippen molar-refractivity contribution in [3.63, 3.8) is 0 Å². The van der Waals surface area contributed by atoms with Gasteiger partial charge in [0, 0.05) is 17.5 Å². The van der Waals surface area contributed by atoms with Crippen LogP contribution in [-0.4, -0.2) is 19.7 Å². The van der Waals surface area contributed by atoms with Gasteiger partial charge in [-0.2, -0.15) is 5.10 Å². The maximum atomic E-state index is 13.2. The Bertz CT molecular complexity index is 848. The summed E-state index contributed by atoms with van der Waals surface area (Å²) in [5.41, 5.74) is 2.59. The van der Waals surface area contributed by atoms with E-state index in [1.807, 2.05) is 26.0 Å². The van der Waals surface area contributed by atoms with Crippen molar-refractivity contribution in [1.29, 1.82) is 0 Å². The van der Waals surface area contributed by atoms with Crippen LogP contribution in [0.2, 0.25) is 0 Å². The van der Waals surface area contributed by atoms with E-state index >= 15 is 0 Å². The van der Waals surface area contributed by atoms with E-state index in [9.17, 15) is 8.78 Å². The Balaban J connectivity index is 1.77. The Morgan fingerprint density at radius 3 is 2.57 bits per heavy atom. The van der Waals surface area contributed by atoms with Gasteiger partial charge in [0.05, 0.1) is 5.69 Å². The number of aromatic nitrogens is 4. The number of hydrogen-bond acceptors (Lipinski definition) is 4. The second-order valence-electron chi connectivity index (χ2n) is 5.09. The summed E-state index contributed by atoms with van der Waals surface area (Å²) < 4.78 is 27.9. The van der Waals surface area contributed by atoms with Gasteiger partial charge in [-0.3, -0.25) is 0 Å². The van der Waals surface area contributed by atoms with E-state index < -0.39 is 11.6 Å². The fourth-order valence-electron chi connectivity index (χ4n) is 2.17. The monoisotopic (exact) mass is 332 g/mol. The zero-order valence-electron chi connectivity index (χ0n) is 12.6. The maximum absolute atomic E-state index is 13.2. The second kappa shape index (κ2) is 6.45. The number of thioether (sulfide) groups is 1. The van der Waals surface area contributed by atoms with Crippen LogP contribution in [0.5, 0.6) is 0 Å². The molecular formula is C16H14F2N4S. The van der Waals surface area contributed by atoms with Crippen LogP contribution in [0.4, 0.5) is 8.78 Å². The molecular weight excluding hydrogens is 318 g/mol. The van der Waals surface area contributed by atoms with Crippen LogP contribution < -0.4 is 0 Å². The quantitative estimate of drug-likeness (QED) is 0.538. The first-order chi connectivity index (χ1) is 11.0. The third kappa shape index (κ3) is 3.56. The topological polar surface area (TPSA) is 43.6 Å². The van der Waals surface area contributed by atoms with Crippen molar-refractivity contribution in [3.8, 4) is 5.82 Å². The Labute approximate surface area is 136 Å². The van der Waals surface area contributed by atoms with Crippen LogP contribution in [0.15, 0.2) is 41.7 Å². The van der Waals surface area contributed by atoms with Gasteiger partial charge in [0.25, 0.3) is 0 Å². The van der Waals surface area contributed by atoms with Gasteiger partial charge in [-0.1, -0.05) is 6.07 Å². The van der Waals surface area contributed by atoms with Crippen molar-refractivity contribution < 1.29 is 8.78 Å². The smallest absolute Gasteiger partial charge is 0.159 e. The third-order valence-electron chi connectivity index (χ3n) is 3.22. The van der Waals surface area contributed by atoms with Crippen LogP contribution in [-0.2, 0) is 5.75 Å². The van der Waals surface area contributed by atoms with Crippen LogP contribution >= 0.6 is 11.8 Å². The van der Waals surface area contributed by atoms with Gasteiger partial charge >= 0.3 is 0 Å². The summed E-state index contributed by atoms with van der Waals surface area (Å²) in [4.78, 5) is 8.43. The predicted molar refractivity (Wildman–Crippen MR) is 84.5 cm³/mol. The molecule has 4 nitrogen and oxygen atoms in total. The van der Waals surface area contributed by atoms with Crippen LogP contribution in [0.3, 0.4) is 0 Å². The van der Waals surface area contributed by atoms with Gasteiger partial charge in [-0.25, -0.2) is 23.4 Å². The van der Waals surface area contributed by atoms with Crippen molar-refractivity contribution in [1.82, 2.24) is 19.7 Å². The van der Waals surface area contributed by atoms with Gasteiger partial charge in [0.15, 0.2) is 17.5 Å². The van der Waals surface area contributed by atoms with E-state index in [-0.39, 0.29) is 0 Å². The summed E-state index contributed by atoms with van der Waals surface area (Å²) in [5, 5.41) is 5.13. The second-order valence-corrected chi connectivity index (χ2v) is 6.09. The number of aryl methyl sites for hydroxylation is 2. The average molecular weight is 332 g/mol. The number of benzene rings is 1. The lowest BCUT2D eigenvalue weighted by Gasteiger charge is -2.06. The average Bonchev–Trinajstić information content (AvgIpc) is 2.87. The summed E-state index contributed by atoms with van der Waals surface area (Å²) >= 11 is 1.43. The molecule has 118 valence electrons. The highest BCUT2D eigenvalue weighted by atomic mass is 32.2. The van der Waals surface area contributed by atoms with Crippen molar-refractivity contribution >= 4 is 11.8 Å². The minimum absolute atomic E-state index is 0.491. The highest BCUT2D eigenvalue weighted by molar-refractivity contribution is 7.98. The van der Waals surface area contributed by atoms with E-state index in [2.05, 4.69) is 15.1 Å². The number of rotatable bonds is 4. The number of nitrogens with zero attached hydrogens (tertiary/aromatic N) is 4. The minimum atomic E-state index is -0.840. The SMILES string of the molecule is Cc1cc(C)n(-c2cc(SCc3ccc(F)c(F)c3)ncn2)n1. The molecule has 0 saturated heterocycles. The van der Waals surface area contributed by atoms with Crippen molar-refractivity contribution in [2.45, 2.75) is 24.6 Å². The van der Waals surface area contributed by atoms with E-state index in [1.54, 1.807) is 10.7 Å². The lowest BCUT2D eigenvalue weighted by molar-refractivity contribution is 0.507. The summed E-state index contributed by atoms with van der Waals surface area (Å²) in [6.45, 7) is 3.87. The Kier molecular flexibility index (Phi) is 4.38. The zero-order valence-corrected chi connectivity index (χ0v) is 13.4. The summed E-state index contributed by atoms with van der Waals surface area (Å²) in [7, 11) is 0. The van der Waals surface area contributed by atoms with Gasteiger partial charge in [-0.15, -0.1) is 11.8 Å². The summed E-state index contributed by atoms with van der Waals surface area (Å²) in [6.07, 6.45) is 1.47. The van der Waals surface area contributed by atoms with Crippen LogP contribution in [0.1, 0.15) is 17.0 Å². The van der Waals surface area contributed by atoms with E-state index in [4.69, 9.17) is 0 Å². The van der Waals surface area contributed by atoms with Gasteiger partial charge in [0.1, 0.15) is 11.4 Å². The van der Waals surface area contributed by atoms with Crippen LogP contribution in [0.25, 0.3) is 5.82 Å². The largest absolute Gasteiger partial charge is 0.230 e. The molecule has 0 aliphatic rings. The molecule has 0 fully saturated rings.